The largest absolute Gasteiger partial charge is 0.481 e. The fourth-order valence-electron chi connectivity index (χ4n) is 6.36. The van der Waals surface area contributed by atoms with E-state index in [4.69, 9.17) is 21.3 Å². The van der Waals surface area contributed by atoms with Crippen LogP contribution in [0.3, 0.4) is 0 Å². The van der Waals surface area contributed by atoms with Gasteiger partial charge in [-0.1, -0.05) is 42.3 Å². The number of halogens is 1. The van der Waals surface area contributed by atoms with Gasteiger partial charge in [0, 0.05) is 46.6 Å². The maximum absolute atomic E-state index is 13.2. The van der Waals surface area contributed by atoms with Crippen molar-refractivity contribution < 1.29 is 14.3 Å². The second kappa shape index (κ2) is 11.6. The van der Waals surface area contributed by atoms with E-state index in [1.54, 1.807) is 0 Å². The summed E-state index contributed by atoms with van der Waals surface area (Å²) in [5.41, 5.74) is 2.95. The molecule has 0 bridgehead atoms. The van der Waals surface area contributed by atoms with Crippen LogP contribution in [0.4, 0.5) is 0 Å². The summed E-state index contributed by atoms with van der Waals surface area (Å²) in [7, 11) is 3.85. The lowest BCUT2D eigenvalue weighted by atomic mass is 9.73. The van der Waals surface area contributed by atoms with Crippen molar-refractivity contribution >= 4 is 34.4 Å². The van der Waals surface area contributed by atoms with Crippen molar-refractivity contribution in [3.8, 4) is 5.75 Å². The maximum atomic E-state index is 13.2. The molecule has 0 aliphatic carbocycles. The standard InChI is InChI=1S/C31H39ClN4O3/c1-22-30(38)34(2)21-31(16-7-6-10-23-9-4-5-13-26(23)39-22)17-19-36(20-18-31)28(37)15-14-27-33-25-12-8-11-24(32)29(25)35(27)3/h4-5,8-9,11-13,22H,6-7,10,14-21H2,1-3H3/t22-/m1/s1. The summed E-state index contributed by atoms with van der Waals surface area (Å²) in [5, 5.41) is 0.673. The van der Waals surface area contributed by atoms with Gasteiger partial charge in [0.1, 0.15) is 11.6 Å². The average molecular weight is 551 g/mol. The van der Waals surface area contributed by atoms with Crippen LogP contribution < -0.4 is 4.74 Å². The van der Waals surface area contributed by atoms with Crippen LogP contribution in [-0.2, 0) is 29.5 Å². The summed E-state index contributed by atoms with van der Waals surface area (Å²) < 4.78 is 8.11. The lowest BCUT2D eigenvalue weighted by Gasteiger charge is -2.44. The molecule has 39 heavy (non-hydrogen) atoms. The topological polar surface area (TPSA) is 67.7 Å². The van der Waals surface area contributed by atoms with Gasteiger partial charge < -0.3 is 19.1 Å². The molecular formula is C31H39ClN4O3. The minimum absolute atomic E-state index is 0.00538. The number of fused-ring (bicyclic) bond motifs is 2. The first-order chi connectivity index (χ1) is 18.8. The predicted octanol–water partition coefficient (Wildman–Crippen LogP) is 5.42. The summed E-state index contributed by atoms with van der Waals surface area (Å²) in [4.78, 5) is 35.0. The van der Waals surface area contributed by atoms with Crippen LogP contribution in [0.5, 0.6) is 5.75 Å². The molecule has 0 saturated carbocycles. The van der Waals surface area contributed by atoms with Crippen molar-refractivity contribution in [2.24, 2.45) is 12.5 Å². The SMILES string of the molecule is C[C@H]1Oc2ccccc2CCCCC2(CCN(C(=O)CCc3nc4cccc(Cl)c4n3C)CC2)CN(C)C1=O. The number of amides is 2. The third kappa shape index (κ3) is 5.93. The van der Waals surface area contributed by atoms with Crippen LogP contribution in [0, 0.1) is 5.41 Å². The number of carbonyl (C=O) groups excluding carboxylic acids is 2. The minimum atomic E-state index is -0.535. The molecule has 1 atom stereocenters. The second-order valence-electron chi connectivity index (χ2n) is 11.3. The van der Waals surface area contributed by atoms with Gasteiger partial charge in [-0.3, -0.25) is 9.59 Å². The van der Waals surface area contributed by atoms with Crippen LogP contribution in [-0.4, -0.2) is 64.0 Å². The first kappa shape index (κ1) is 27.5. The zero-order chi connectivity index (χ0) is 27.6. The van der Waals surface area contributed by atoms with Crippen LogP contribution in [0.15, 0.2) is 42.5 Å². The van der Waals surface area contributed by atoms with Crippen LogP contribution >= 0.6 is 11.6 Å². The molecular weight excluding hydrogens is 512 g/mol. The van der Waals surface area contributed by atoms with Crippen molar-refractivity contribution in [3.63, 3.8) is 0 Å². The Balaban J connectivity index is 1.22. The molecule has 1 fully saturated rings. The van der Waals surface area contributed by atoms with Crippen LogP contribution in [0.2, 0.25) is 5.02 Å². The van der Waals surface area contributed by atoms with Gasteiger partial charge in [-0.15, -0.1) is 0 Å². The van der Waals surface area contributed by atoms with Crippen molar-refractivity contribution in [2.75, 3.05) is 26.7 Å². The number of benzene rings is 2. The molecule has 0 radical (unpaired) electrons. The molecule has 5 rings (SSSR count). The van der Waals surface area contributed by atoms with Gasteiger partial charge >= 0.3 is 0 Å². The summed E-state index contributed by atoms with van der Waals surface area (Å²) in [6.07, 6.45) is 6.47. The highest BCUT2D eigenvalue weighted by atomic mass is 35.5. The zero-order valence-electron chi connectivity index (χ0n) is 23.3. The fourth-order valence-corrected chi connectivity index (χ4v) is 6.66. The number of carbonyl (C=O) groups is 2. The Labute approximate surface area is 236 Å². The van der Waals surface area contributed by atoms with E-state index in [1.165, 1.54) is 0 Å². The second-order valence-corrected chi connectivity index (χ2v) is 11.8. The molecule has 2 aromatic carbocycles. The monoisotopic (exact) mass is 550 g/mol. The highest BCUT2D eigenvalue weighted by molar-refractivity contribution is 6.35. The number of aromatic nitrogens is 2. The zero-order valence-corrected chi connectivity index (χ0v) is 24.0. The number of para-hydroxylation sites is 2. The number of ether oxygens (including phenoxy) is 1. The highest BCUT2D eigenvalue weighted by Gasteiger charge is 2.38. The number of imidazole rings is 1. The fraction of sp³-hybridized carbons (Fsp3) is 0.516. The molecule has 0 N–H and O–H groups in total. The first-order valence-corrected chi connectivity index (χ1v) is 14.5. The van der Waals surface area contributed by atoms with Gasteiger partial charge in [-0.05, 0) is 68.2 Å². The molecule has 208 valence electrons. The Morgan fingerprint density at radius 2 is 1.85 bits per heavy atom. The first-order valence-electron chi connectivity index (χ1n) is 14.1. The number of hydrogen-bond acceptors (Lipinski definition) is 4. The quantitative estimate of drug-likeness (QED) is 0.437. The molecule has 3 aromatic rings. The van der Waals surface area contributed by atoms with E-state index in [-0.39, 0.29) is 17.2 Å². The Kier molecular flexibility index (Phi) is 8.17. The third-order valence-corrected chi connectivity index (χ3v) is 8.96. The van der Waals surface area contributed by atoms with Gasteiger partial charge in [0.2, 0.25) is 5.91 Å². The average Bonchev–Trinajstić information content (AvgIpc) is 3.26. The van der Waals surface area contributed by atoms with Gasteiger partial charge in [0.25, 0.3) is 5.91 Å². The number of likely N-dealkylation sites (N-methyl/N-ethyl adjacent to an activating group) is 1. The normalized spacial score (nSPS) is 20.3. The molecule has 1 spiro atoms. The Bertz CT molecular complexity index is 1340. The van der Waals surface area contributed by atoms with E-state index in [0.717, 1.165) is 79.8 Å². The van der Waals surface area contributed by atoms with Crippen LogP contribution in [0.25, 0.3) is 11.0 Å². The molecule has 2 aliphatic heterocycles. The molecule has 3 heterocycles. The van der Waals surface area contributed by atoms with Gasteiger partial charge in [0.05, 0.1) is 16.1 Å². The Morgan fingerprint density at radius 1 is 1.08 bits per heavy atom. The molecule has 2 amide bonds. The van der Waals surface area contributed by atoms with E-state index < -0.39 is 6.10 Å². The Hall–Kier alpha value is -3.06. The van der Waals surface area contributed by atoms with E-state index in [1.807, 2.05) is 71.8 Å². The highest BCUT2D eigenvalue weighted by Crippen LogP contribution is 2.38. The molecule has 8 heteroatoms. The number of piperidine rings is 1. The number of hydrogen-bond donors (Lipinski definition) is 0. The van der Waals surface area contributed by atoms with E-state index in [2.05, 4.69) is 6.07 Å². The minimum Gasteiger partial charge on any atom is -0.481 e. The number of aryl methyl sites for hydroxylation is 3. The lowest BCUT2D eigenvalue weighted by Crippen LogP contribution is -2.50. The number of nitrogens with zero attached hydrogens (tertiary/aromatic N) is 4. The lowest BCUT2D eigenvalue weighted by molar-refractivity contribution is -0.140. The van der Waals surface area contributed by atoms with E-state index >= 15 is 0 Å². The van der Waals surface area contributed by atoms with Gasteiger partial charge in [0.15, 0.2) is 6.10 Å². The molecule has 7 nitrogen and oxygen atoms in total. The predicted molar refractivity (Wildman–Crippen MR) is 154 cm³/mol. The summed E-state index contributed by atoms with van der Waals surface area (Å²) in [5.74, 6) is 1.86. The maximum Gasteiger partial charge on any atom is 0.263 e. The van der Waals surface area contributed by atoms with Crippen LogP contribution in [0.1, 0.15) is 56.8 Å². The van der Waals surface area contributed by atoms with Gasteiger partial charge in [-0.25, -0.2) is 4.98 Å². The molecule has 2 aliphatic rings. The summed E-state index contributed by atoms with van der Waals surface area (Å²) in [6, 6.07) is 13.8. The van der Waals surface area contributed by atoms with Crippen molar-refractivity contribution in [1.29, 1.82) is 0 Å². The molecule has 1 aromatic heterocycles. The number of likely N-dealkylation sites (tertiary alicyclic amines) is 1. The molecule has 1 saturated heterocycles. The van der Waals surface area contributed by atoms with Gasteiger partial charge in [-0.2, -0.15) is 0 Å². The summed E-state index contributed by atoms with van der Waals surface area (Å²) in [6.45, 7) is 3.99. The van der Waals surface area contributed by atoms with Crippen molar-refractivity contribution in [2.45, 2.75) is 64.4 Å². The number of rotatable bonds is 3. The molecule has 0 unspecified atom stereocenters. The van der Waals surface area contributed by atoms with Crippen molar-refractivity contribution in [3.05, 3.63) is 58.9 Å². The van der Waals surface area contributed by atoms with Crippen molar-refractivity contribution in [1.82, 2.24) is 19.4 Å². The van der Waals surface area contributed by atoms with E-state index in [0.29, 0.717) is 24.4 Å². The third-order valence-electron chi connectivity index (χ3n) is 8.65. The smallest absolute Gasteiger partial charge is 0.263 e. The van der Waals surface area contributed by atoms with E-state index in [9.17, 15) is 9.59 Å². The summed E-state index contributed by atoms with van der Waals surface area (Å²) >= 11 is 6.37. The Morgan fingerprint density at radius 3 is 2.62 bits per heavy atom.